The highest BCUT2D eigenvalue weighted by atomic mass is 16.5. The summed E-state index contributed by atoms with van der Waals surface area (Å²) in [6.07, 6.45) is 1.33. The molecule has 2 aromatic carbocycles. The van der Waals surface area contributed by atoms with Crippen molar-refractivity contribution < 1.29 is 19.2 Å². The lowest BCUT2D eigenvalue weighted by molar-refractivity contribution is 0.0954. The molecule has 7 nitrogen and oxygen atoms in total. The summed E-state index contributed by atoms with van der Waals surface area (Å²) in [5.74, 6) is 0.197. The van der Waals surface area contributed by atoms with Crippen molar-refractivity contribution in [2.75, 3.05) is 7.11 Å². The lowest BCUT2D eigenvalue weighted by atomic mass is 10.1. The third-order valence-corrected chi connectivity index (χ3v) is 3.76. The topological polar surface area (TPSA) is 97.0 Å². The van der Waals surface area contributed by atoms with Crippen LogP contribution in [0.1, 0.15) is 21.7 Å². The van der Waals surface area contributed by atoms with Gasteiger partial charge in [-0.1, -0.05) is 41.6 Å². The molecule has 0 bridgehead atoms. The Labute approximate surface area is 149 Å². The van der Waals surface area contributed by atoms with E-state index in [-0.39, 0.29) is 5.75 Å². The summed E-state index contributed by atoms with van der Waals surface area (Å²) >= 11 is 0. The fourth-order valence-corrected chi connectivity index (χ4v) is 2.46. The molecular weight excluding hydrogens is 334 g/mol. The predicted octanol–water partition coefficient (Wildman–Crippen LogP) is 3.13. The number of hydrazone groups is 1. The van der Waals surface area contributed by atoms with Gasteiger partial charge in [0.05, 0.1) is 13.3 Å². The van der Waals surface area contributed by atoms with Gasteiger partial charge in [0.15, 0.2) is 11.5 Å². The summed E-state index contributed by atoms with van der Waals surface area (Å²) < 4.78 is 10.2. The van der Waals surface area contributed by atoms with Crippen molar-refractivity contribution >= 4 is 12.1 Å². The highest BCUT2D eigenvalue weighted by Crippen LogP contribution is 2.28. The smallest absolute Gasteiger partial charge is 0.277 e. The molecule has 132 valence electrons. The van der Waals surface area contributed by atoms with Crippen molar-refractivity contribution in [3.8, 4) is 22.8 Å². The number of hydrogen-bond donors (Lipinski definition) is 2. The first kappa shape index (κ1) is 17.2. The van der Waals surface area contributed by atoms with E-state index >= 15 is 0 Å². The number of para-hydroxylation sites is 1. The Balaban J connectivity index is 1.81. The minimum Gasteiger partial charge on any atom is -0.504 e. The highest BCUT2D eigenvalue weighted by Gasteiger charge is 2.21. The molecule has 3 aromatic rings. The number of nitrogens with zero attached hydrogens (tertiary/aromatic N) is 2. The maximum Gasteiger partial charge on any atom is 0.277 e. The fraction of sp³-hybridized carbons (Fsp3) is 0.105. The first-order chi connectivity index (χ1) is 12.6. The van der Waals surface area contributed by atoms with Gasteiger partial charge in [-0.15, -0.1) is 0 Å². The Morgan fingerprint density at radius 1 is 1.23 bits per heavy atom. The average molecular weight is 351 g/mol. The van der Waals surface area contributed by atoms with Crippen molar-refractivity contribution in [1.82, 2.24) is 10.6 Å². The Morgan fingerprint density at radius 2 is 2.00 bits per heavy atom. The van der Waals surface area contributed by atoms with E-state index in [1.807, 2.05) is 30.3 Å². The largest absolute Gasteiger partial charge is 0.504 e. The number of phenolic OH excluding ortho intramolecular Hbond substituents is 1. The van der Waals surface area contributed by atoms with Crippen LogP contribution in [0.3, 0.4) is 0 Å². The van der Waals surface area contributed by atoms with Crippen LogP contribution >= 0.6 is 0 Å². The number of ether oxygens (including phenoxy) is 1. The molecule has 0 saturated heterocycles. The number of phenols is 1. The molecule has 0 aliphatic heterocycles. The van der Waals surface area contributed by atoms with Crippen molar-refractivity contribution in [3.05, 3.63) is 65.4 Å². The maximum absolute atomic E-state index is 12.5. The average Bonchev–Trinajstić information content (AvgIpc) is 3.05. The number of aromatic nitrogens is 1. The fourth-order valence-electron chi connectivity index (χ4n) is 2.46. The first-order valence-corrected chi connectivity index (χ1v) is 7.83. The first-order valence-electron chi connectivity index (χ1n) is 7.83. The number of nitrogens with one attached hydrogen (secondary N) is 1. The van der Waals surface area contributed by atoms with Gasteiger partial charge in [-0.25, -0.2) is 5.43 Å². The molecule has 1 aromatic heterocycles. The Hall–Kier alpha value is -3.61. The second-order valence-corrected chi connectivity index (χ2v) is 5.43. The van der Waals surface area contributed by atoms with Gasteiger partial charge in [-0.3, -0.25) is 4.79 Å². The lowest BCUT2D eigenvalue weighted by Gasteiger charge is -2.05. The highest BCUT2D eigenvalue weighted by molar-refractivity contribution is 6.01. The van der Waals surface area contributed by atoms with E-state index in [2.05, 4.69) is 15.7 Å². The van der Waals surface area contributed by atoms with Crippen LogP contribution < -0.4 is 10.2 Å². The van der Waals surface area contributed by atoms with E-state index in [4.69, 9.17) is 9.26 Å². The zero-order chi connectivity index (χ0) is 18.5. The zero-order valence-corrected chi connectivity index (χ0v) is 14.3. The summed E-state index contributed by atoms with van der Waals surface area (Å²) in [4.78, 5) is 12.5. The lowest BCUT2D eigenvalue weighted by Crippen LogP contribution is -2.18. The number of amides is 1. The van der Waals surface area contributed by atoms with Gasteiger partial charge in [-0.2, -0.15) is 5.10 Å². The van der Waals surface area contributed by atoms with E-state index in [9.17, 15) is 9.90 Å². The predicted molar refractivity (Wildman–Crippen MR) is 96.4 cm³/mol. The molecule has 1 heterocycles. The number of aromatic hydroxyl groups is 1. The minimum absolute atomic E-state index is 0.0564. The molecule has 0 aliphatic carbocycles. The summed E-state index contributed by atoms with van der Waals surface area (Å²) in [6, 6.07) is 14.2. The van der Waals surface area contributed by atoms with Gasteiger partial charge in [0, 0.05) is 11.1 Å². The summed E-state index contributed by atoms with van der Waals surface area (Å²) in [5.41, 5.74) is 4.36. The van der Waals surface area contributed by atoms with Gasteiger partial charge < -0.3 is 14.4 Å². The van der Waals surface area contributed by atoms with Crippen molar-refractivity contribution in [1.29, 1.82) is 0 Å². The molecule has 0 spiro atoms. The van der Waals surface area contributed by atoms with E-state index in [0.717, 1.165) is 5.56 Å². The number of carbonyl (C=O) groups excluding carboxylic acids is 1. The molecule has 1 amide bonds. The third-order valence-electron chi connectivity index (χ3n) is 3.76. The number of aryl methyl sites for hydroxylation is 1. The zero-order valence-electron chi connectivity index (χ0n) is 14.3. The van der Waals surface area contributed by atoms with E-state index in [1.54, 1.807) is 25.1 Å². The number of benzene rings is 2. The van der Waals surface area contributed by atoms with Gasteiger partial charge in [0.25, 0.3) is 5.91 Å². The number of hydrogen-bond acceptors (Lipinski definition) is 6. The second kappa shape index (κ2) is 7.52. The quantitative estimate of drug-likeness (QED) is 0.544. The Kier molecular flexibility index (Phi) is 4.98. The molecule has 3 rings (SSSR count). The molecule has 0 unspecified atom stereocenters. The summed E-state index contributed by atoms with van der Waals surface area (Å²) in [7, 11) is 1.46. The monoisotopic (exact) mass is 351 g/mol. The molecular formula is C19H17N3O4. The van der Waals surface area contributed by atoms with Crippen molar-refractivity contribution in [3.63, 3.8) is 0 Å². The van der Waals surface area contributed by atoms with Gasteiger partial charge in [0.1, 0.15) is 17.0 Å². The molecule has 7 heteroatoms. The Morgan fingerprint density at radius 3 is 2.73 bits per heavy atom. The van der Waals surface area contributed by atoms with Gasteiger partial charge >= 0.3 is 0 Å². The van der Waals surface area contributed by atoms with Crippen LogP contribution in [-0.4, -0.2) is 29.5 Å². The van der Waals surface area contributed by atoms with Crippen LogP contribution in [0.15, 0.2) is 58.2 Å². The van der Waals surface area contributed by atoms with Crippen molar-refractivity contribution in [2.24, 2.45) is 5.10 Å². The summed E-state index contributed by atoms with van der Waals surface area (Å²) in [6.45, 7) is 1.66. The number of rotatable bonds is 5. The molecule has 26 heavy (non-hydrogen) atoms. The van der Waals surface area contributed by atoms with Crippen LogP contribution in [0.5, 0.6) is 11.5 Å². The molecule has 2 N–H and O–H groups in total. The van der Waals surface area contributed by atoms with Crippen molar-refractivity contribution in [2.45, 2.75) is 6.92 Å². The molecule has 0 saturated carbocycles. The van der Waals surface area contributed by atoms with E-state index < -0.39 is 5.91 Å². The minimum atomic E-state index is -0.457. The number of carbonyl (C=O) groups is 1. The normalized spacial score (nSPS) is 10.8. The van der Waals surface area contributed by atoms with E-state index in [0.29, 0.717) is 28.3 Å². The van der Waals surface area contributed by atoms with Crippen LogP contribution in [0, 0.1) is 6.92 Å². The molecule has 0 fully saturated rings. The molecule has 0 radical (unpaired) electrons. The summed E-state index contributed by atoms with van der Waals surface area (Å²) in [5, 5.41) is 17.9. The van der Waals surface area contributed by atoms with Crippen LogP contribution in [-0.2, 0) is 0 Å². The SMILES string of the molecule is COc1cccc(/C=N\NC(=O)c2c(-c3ccccc3)noc2C)c1O. The number of methoxy groups -OCH3 is 1. The second-order valence-electron chi connectivity index (χ2n) is 5.43. The van der Waals surface area contributed by atoms with Gasteiger partial charge in [-0.05, 0) is 19.1 Å². The maximum atomic E-state index is 12.5. The van der Waals surface area contributed by atoms with Crippen LogP contribution in [0.4, 0.5) is 0 Å². The van der Waals surface area contributed by atoms with Crippen LogP contribution in [0.25, 0.3) is 11.3 Å². The Bertz CT molecular complexity index is 949. The standard InChI is InChI=1S/C19H17N3O4/c1-12-16(17(22-26-12)13-7-4-3-5-8-13)19(24)21-20-11-14-9-6-10-15(25-2)18(14)23/h3-11,23H,1-2H3,(H,21,24)/b20-11-. The van der Waals surface area contributed by atoms with Crippen LogP contribution in [0.2, 0.25) is 0 Å². The third kappa shape index (κ3) is 3.41. The van der Waals surface area contributed by atoms with E-state index in [1.165, 1.54) is 13.3 Å². The van der Waals surface area contributed by atoms with Gasteiger partial charge in [0.2, 0.25) is 0 Å². The molecule has 0 atom stereocenters. The molecule has 0 aliphatic rings.